The molecule has 7 heteroatoms. The van der Waals surface area contributed by atoms with Crippen molar-refractivity contribution in [2.45, 2.75) is 46.5 Å². The Morgan fingerprint density at radius 3 is 2.46 bits per heavy atom. The third kappa shape index (κ3) is 4.54. The van der Waals surface area contributed by atoms with Crippen molar-refractivity contribution in [2.75, 3.05) is 5.32 Å². The lowest BCUT2D eigenvalue weighted by molar-refractivity contribution is -0.136. The molecule has 146 valence electrons. The van der Waals surface area contributed by atoms with Gasteiger partial charge in [0.05, 0.1) is 11.4 Å². The topological polar surface area (TPSA) is 88.0 Å². The number of nitrogens with one attached hydrogen (secondary N) is 1. The summed E-state index contributed by atoms with van der Waals surface area (Å²) in [7, 11) is 0. The van der Waals surface area contributed by atoms with Gasteiger partial charge in [0.2, 0.25) is 0 Å². The molecular formula is C21H24N4O2S. The van der Waals surface area contributed by atoms with Gasteiger partial charge in [-0.2, -0.15) is 0 Å². The maximum absolute atomic E-state index is 10.8. The Kier molecular flexibility index (Phi) is 6.04. The number of anilines is 2. The number of carboxylic acid groups (broad SMARTS) is 1. The maximum atomic E-state index is 10.8. The van der Waals surface area contributed by atoms with Gasteiger partial charge < -0.3 is 10.4 Å². The van der Waals surface area contributed by atoms with Crippen molar-refractivity contribution in [3.8, 4) is 11.5 Å². The second kappa shape index (κ2) is 8.48. The summed E-state index contributed by atoms with van der Waals surface area (Å²) in [6.45, 7) is 8.30. The molecule has 28 heavy (non-hydrogen) atoms. The number of carbonyl (C=O) groups is 1. The zero-order valence-electron chi connectivity index (χ0n) is 16.5. The largest absolute Gasteiger partial charge is 0.481 e. The monoisotopic (exact) mass is 396 g/mol. The normalized spacial score (nSPS) is 11.0. The SMILES string of the molecule is CCc1c(C)nc(-c2csc(C(C)C)n2)nc1Nc1ccc(CC(=O)O)cc1. The minimum absolute atomic E-state index is 0.0132. The molecule has 0 saturated heterocycles. The number of aryl methyl sites for hydroxylation is 1. The Balaban J connectivity index is 1.92. The number of hydrogen-bond acceptors (Lipinski definition) is 6. The first-order chi connectivity index (χ1) is 13.4. The van der Waals surface area contributed by atoms with E-state index in [9.17, 15) is 4.79 Å². The van der Waals surface area contributed by atoms with Crippen molar-refractivity contribution in [1.82, 2.24) is 15.0 Å². The summed E-state index contributed by atoms with van der Waals surface area (Å²) in [6, 6.07) is 7.36. The van der Waals surface area contributed by atoms with Gasteiger partial charge in [0.1, 0.15) is 11.5 Å². The number of hydrogen-bond donors (Lipinski definition) is 2. The van der Waals surface area contributed by atoms with Gasteiger partial charge in [-0.3, -0.25) is 4.79 Å². The van der Waals surface area contributed by atoms with Gasteiger partial charge in [-0.05, 0) is 31.0 Å². The van der Waals surface area contributed by atoms with E-state index in [2.05, 4.69) is 36.1 Å². The van der Waals surface area contributed by atoms with E-state index in [1.54, 1.807) is 11.3 Å². The molecule has 6 nitrogen and oxygen atoms in total. The summed E-state index contributed by atoms with van der Waals surface area (Å²) in [5, 5.41) is 15.3. The standard InChI is InChI=1S/C21H24N4O2S/c1-5-16-13(4)22-20(17-11-28-21(24-17)12(2)3)25-19(16)23-15-8-6-14(7-9-15)10-18(26)27/h6-9,11-12H,5,10H2,1-4H3,(H,26,27)(H,22,23,25). The molecule has 0 spiro atoms. The Morgan fingerprint density at radius 1 is 1.18 bits per heavy atom. The molecular weight excluding hydrogens is 372 g/mol. The highest BCUT2D eigenvalue weighted by atomic mass is 32.1. The summed E-state index contributed by atoms with van der Waals surface area (Å²) >= 11 is 1.63. The fraction of sp³-hybridized carbons (Fsp3) is 0.333. The zero-order valence-corrected chi connectivity index (χ0v) is 17.3. The van der Waals surface area contributed by atoms with E-state index in [1.807, 2.05) is 36.6 Å². The average Bonchev–Trinajstić information content (AvgIpc) is 3.13. The van der Waals surface area contributed by atoms with Gasteiger partial charge in [-0.25, -0.2) is 15.0 Å². The van der Waals surface area contributed by atoms with E-state index in [0.29, 0.717) is 11.7 Å². The quantitative estimate of drug-likeness (QED) is 0.586. The van der Waals surface area contributed by atoms with Crippen LogP contribution in [0.4, 0.5) is 11.5 Å². The van der Waals surface area contributed by atoms with Crippen LogP contribution in [0.5, 0.6) is 0 Å². The van der Waals surface area contributed by atoms with Crippen molar-refractivity contribution >= 4 is 28.8 Å². The minimum atomic E-state index is -0.839. The maximum Gasteiger partial charge on any atom is 0.307 e. The van der Waals surface area contributed by atoms with E-state index in [4.69, 9.17) is 10.1 Å². The van der Waals surface area contributed by atoms with Crippen molar-refractivity contribution in [2.24, 2.45) is 0 Å². The third-order valence-electron chi connectivity index (χ3n) is 4.38. The van der Waals surface area contributed by atoms with Crippen LogP contribution in [-0.2, 0) is 17.6 Å². The van der Waals surface area contributed by atoms with Gasteiger partial charge in [-0.1, -0.05) is 32.9 Å². The van der Waals surface area contributed by atoms with Crippen LogP contribution in [0.25, 0.3) is 11.5 Å². The lowest BCUT2D eigenvalue weighted by atomic mass is 10.1. The molecule has 0 amide bonds. The van der Waals surface area contributed by atoms with Crippen LogP contribution in [0.3, 0.4) is 0 Å². The first-order valence-corrected chi connectivity index (χ1v) is 10.2. The number of thiazole rings is 1. The molecule has 1 aromatic carbocycles. The molecule has 2 N–H and O–H groups in total. The predicted octanol–water partition coefficient (Wildman–Crippen LogP) is 4.97. The fourth-order valence-electron chi connectivity index (χ4n) is 2.91. The van der Waals surface area contributed by atoms with Crippen LogP contribution < -0.4 is 5.32 Å². The highest BCUT2D eigenvalue weighted by molar-refractivity contribution is 7.10. The fourth-order valence-corrected chi connectivity index (χ4v) is 3.72. The third-order valence-corrected chi connectivity index (χ3v) is 5.53. The van der Waals surface area contributed by atoms with E-state index >= 15 is 0 Å². The highest BCUT2D eigenvalue weighted by Crippen LogP contribution is 2.28. The smallest absolute Gasteiger partial charge is 0.307 e. The van der Waals surface area contributed by atoms with Gasteiger partial charge in [0.15, 0.2) is 5.82 Å². The van der Waals surface area contributed by atoms with Gasteiger partial charge in [-0.15, -0.1) is 11.3 Å². The van der Waals surface area contributed by atoms with Crippen molar-refractivity contribution in [1.29, 1.82) is 0 Å². The van der Waals surface area contributed by atoms with Gasteiger partial charge in [0.25, 0.3) is 0 Å². The Morgan fingerprint density at radius 2 is 1.89 bits per heavy atom. The van der Waals surface area contributed by atoms with E-state index in [1.165, 1.54) is 0 Å². The first kappa shape index (κ1) is 19.9. The van der Waals surface area contributed by atoms with Crippen LogP contribution in [-0.4, -0.2) is 26.0 Å². The lowest BCUT2D eigenvalue weighted by Crippen LogP contribution is -2.06. The average molecular weight is 397 g/mol. The van der Waals surface area contributed by atoms with Gasteiger partial charge >= 0.3 is 5.97 Å². The Bertz CT molecular complexity index is 981. The molecule has 0 fully saturated rings. The number of benzene rings is 1. The van der Waals surface area contributed by atoms with E-state index in [0.717, 1.165) is 45.4 Å². The van der Waals surface area contributed by atoms with Crippen LogP contribution >= 0.6 is 11.3 Å². The molecule has 2 aromatic heterocycles. The molecule has 0 radical (unpaired) electrons. The van der Waals surface area contributed by atoms with Gasteiger partial charge in [0, 0.05) is 28.2 Å². The van der Waals surface area contributed by atoms with Crippen LogP contribution in [0, 0.1) is 6.92 Å². The molecule has 2 heterocycles. The van der Waals surface area contributed by atoms with Crippen molar-refractivity contribution in [3.05, 3.63) is 51.5 Å². The Labute approximate surface area is 168 Å². The molecule has 3 aromatic rings. The highest BCUT2D eigenvalue weighted by Gasteiger charge is 2.15. The zero-order chi connectivity index (χ0) is 20.3. The molecule has 0 unspecified atom stereocenters. The molecule has 3 rings (SSSR count). The summed E-state index contributed by atoms with van der Waals surface area (Å²) in [5.74, 6) is 0.906. The molecule has 0 aliphatic heterocycles. The van der Waals surface area contributed by atoms with E-state index < -0.39 is 5.97 Å². The number of aromatic nitrogens is 3. The van der Waals surface area contributed by atoms with Crippen LogP contribution in [0.1, 0.15) is 48.5 Å². The lowest BCUT2D eigenvalue weighted by Gasteiger charge is -2.13. The molecule has 0 bridgehead atoms. The molecule has 0 aliphatic rings. The number of carboxylic acids is 1. The molecule has 0 atom stereocenters. The molecule has 0 saturated carbocycles. The van der Waals surface area contributed by atoms with Crippen molar-refractivity contribution in [3.63, 3.8) is 0 Å². The van der Waals surface area contributed by atoms with E-state index in [-0.39, 0.29) is 6.42 Å². The Hall–Kier alpha value is -2.80. The van der Waals surface area contributed by atoms with Crippen LogP contribution in [0.15, 0.2) is 29.6 Å². The van der Waals surface area contributed by atoms with Crippen LogP contribution in [0.2, 0.25) is 0 Å². The summed E-state index contributed by atoms with van der Waals surface area (Å²) < 4.78 is 0. The number of rotatable bonds is 7. The number of aliphatic carboxylic acids is 1. The number of nitrogens with zero attached hydrogens (tertiary/aromatic N) is 3. The second-order valence-electron chi connectivity index (χ2n) is 6.93. The molecule has 0 aliphatic carbocycles. The van der Waals surface area contributed by atoms with Crippen molar-refractivity contribution < 1.29 is 9.90 Å². The predicted molar refractivity (Wildman–Crippen MR) is 112 cm³/mol. The minimum Gasteiger partial charge on any atom is -0.481 e. The first-order valence-electron chi connectivity index (χ1n) is 9.28. The summed E-state index contributed by atoms with van der Waals surface area (Å²) in [4.78, 5) is 24.9. The summed E-state index contributed by atoms with van der Waals surface area (Å²) in [6.07, 6.45) is 0.819. The summed E-state index contributed by atoms with van der Waals surface area (Å²) in [5.41, 5.74) is 4.39. The second-order valence-corrected chi connectivity index (χ2v) is 7.82.